The van der Waals surface area contributed by atoms with Crippen molar-refractivity contribution in [3.63, 3.8) is 0 Å². The van der Waals surface area contributed by atoms with Crippen LogP contribution in [0.15, 0.2) is 64.2 Å². The summed E-state index contributed by atoms with van der Waals surface area (Å²) < 4.78 is 3.02. The lowest BCUT2D eigenvalue weighted by Crippen LogP contribution is -2.24. The molecule has 0 atom stereocenters. The SMILES string of the molecule is CCNC(=O)CSc1nnc(-c2ccccc2Br)n1Cc1ccccc1. The highest BCUT2D eigenvalue weighted by molar-refractivity contribution is 9.10. The van der Waals surface area contributed by atoms with Crippen molar-refractivity contribution < 1.29 is 4.79 Å². The maximum atomic E-state index is 11.8. The number of rotatable bonds is 7. The number of aromatic nitrogens is 3. The van der Waals surface area contributed by atoms with Gasteiger partial charge in [-0.15, -0.1) is 10.2 Å². The first-order valence-electron chi connectivity index (χ1n) is 8.30. The Hall–Kier alpha value is -2.12. The number of hydrogen-bond acceptors (Lipinski definition) is 4. The molecule has 26 heavy (non-hydrogen) atoms. The lowest BCUT2D eigenvalue weighted by molar-refractivity contribution is -0.118. The third-order valence-electron chi connectivity index (χ3n) is 3.72. The minimum absolute atomic E-state index is 0.00537. The van der Waals surface area contributed by atoms with Gasteiger partial charge in [-0.3, -0.25) is 9.36 Å². The summed E-state index contributed by atoms with van der Waals surface area (Å²) in [4.78, 5) is 11.8. The van der Waals surface area contributed by atoms with Crippen LogP contribution in [0.2, 0.25) is 0 Å². The van der Waals surface area contributed by atoms with E-state index in [1.54, 1.807) is 0 Å². The maximum absolute atomic E-state index is 11.8. The normalized spacial score (nSPS) is 10.7. The van der Waals surface area contributed by atoms with Gasteiger partial charge < -0.3 is 5.32 Å². The number of halogens is 1. The van der Waals surface area contributed by atoms with Gasteiger partial charge in [-0.05, 0) is 18.6 Å². The summed E-state index contributed by atoms with van der Waals surface area (Å²) in [5.41, 5.74) is 2.13. The van der Waals surface area contributed by atoms with Gasteiger partial charge >= 0.3 is 0 Å². The van der Waals surface area contributed by atoms with Crippen LogP contribution < -0.4 is 5.32 Å². The Balaban J connectivity index is 1.94. The van der Waals surface area contributed by atoms with Gasteiger partial charge in [-0.1, -0.05) is 76.2 Å². The second-order valence-electron chi connectivity index (χ2n) is 5.60. The summed E-state index contributed by atoms with van der Waals surface area (Å²) in [7, 11) is 0. The van der Waals surface area contributed by atoms with E-state index in [0.29, 0.717) is 18.8 Å². The van der Waals surface area contributed by atoms with Crippen molar-refractivity contribution >= 4 is 33.6 Å². The molecule has 1 heterocycles. The van der Waals surface area contributed by atoms with E-state index in [1.807, 2.05) is 49.4 Å². The number of benzene rings is 2. The van der Waals surface area contributed by atoms with E-state index in [-0.39, 0.29) is 5.91 Å². The van der Waals surface area contributed by atoms with Crippen molar-refractivity contribution in [1.29, 1.82) is 0 Å². The predicted molar refractivity (Wildman–Crippen MR) is 108 cm³/mol. The van der Waals surface area contributed by atoms with Crippen LogP contribution in [0.25, 0.3) is 11.4 Å². The van der Waals surface area contributed by atoms with E-state index in [1.165, 1.54) is 11.8 Å². The average Bonchev–Trinajstić information content (AvgIpc) is 3.04. The van der Waals surface area contributed by atoms with Crippen molar-refractivity contribution in [2.75, 3.05) is 12.3 Å². The average molecular weight is 431 g/mol. The van der Waals surface area contributed by atoms with Gasteiger partial charge in [-0.2, -0.15) is 0 Å². The van der Waals surface area contributed by atoms with Crippen LogP contribution in [0.1, 0.15) is 12.5 Å². The topological polar surface area (TPSA) is 59.8 Å². The number of carbonyl (C=O) groups excluding carboxylic acids is 1. The fourth-order valence-corrected chi connectivity index (χ4v) is 3.75. The van der Waals surface area contributed by atoms with Gasteiger partial charge in [0.05, 0.1) is 12.3 Å². The molecule has 3 aromatic rings. The van der Waals surface area contributed by atoms with Gasteiger partial charge in [0.1, 0.15) is 0 Å². The summed E-state index contributed by atoms with van der Waals surface area (Å²) in [5, 5.41) is 12.3. The Bertz CT molecular complexity index is 882. The first-order valence-corrected chi connectivity index (χ1v) is 10.1. The fraction of sp³-hybridized carbons (Fsp3) is 0.211. The molecule has 5 nitrogen and oxygen atoms in total. The highest BCUT2D eigenvalue weighted by Gasteiger charge is 2.17. The molecule has 1 N–H and O–H groups in total. The zero-order valence-electron chi connectivity index (χ0n) is 14.4. The molecule has 0 fully saturated rings. The Morgan fingerprint density at radius 1 is 1.12 bits per heavy atom. The van der Waals surface area contributed by atoms with Crippen LogP contribution in [0, 0.1) is 0 Å². The number of nitrogens with one attached hydrogen (secondary N) is 1. The van der Waals surface area contributed by atoms with E-state index < -0.39 is 0 Å². The highest BCUT2D eigenvalue weighted by Crippen LogP contribution is 2.30. The third kappa shape index (κ3) is 4.53. The van der Waals surface area contributed by atoms with E-state index >= 15 is 0 Å². The molecule has 0 saturated heterocycles. The molecule has 1 amide bonds. The predicted octanol–water partition coefficient (Wildman–Crippen LogP) is 3.98. The lowest BCUT2D eigenvalue weighted by atomic mass is 10.2. The summed E-state index contributed by atoms with van der Waals surface area (Å²) in [6.07, 6.45) is 0. The van der Waals surface area contributed by atoms with Crippen LogP contribution in [0.4, 0.5) is 0 Å². The minimum atomic E-state index is -0.00537. The molecule has 1 aromatic heterocycles. The molecule has 134 valence electrons. The summed E-state index contributed by atoms with van der Waals surface area (Å²) >= 11 is 4.99. The summed E-state index contributed by atoms with van der Waals surface area (Å²) in [6, 6.07) is 18.1. The molecule has 7 heteroatoms. The first kappa shape index (κ1) is 18.7. The highest BCUT2D eigenvalue weighted by atomic mass is 79.9. The molecular weight excluding hydrogens is 412 g/mol. The van der Waals surface area contributed by atoms with E-state index in [4.69, 9.17) is 0 Å². The molecule has 0 saturated carbocycles. The minimum Gasteiger partial charge on any atom is -0.356 e. The molecule has 0 aliphatic carbocycles. The van der Waals surface area contributed by atoms with Crippen LogP contribution in [-0.4, -0.2) is 33.0 Å². The van der Waals surface area contributed by atoms with E-state index in [9.17, 15) is 4.79 Å². The van der Waals surface area contributed by atoms with Crippen molar-refractivity contribution in [3.05, 3.63) is 64.6 Å². The molecule has 3 rings (SSSR count). The Morgan fingerprint density at radius 2 is 1.85 bits per heavy atom. The smallest absolute Gasteiger partial charge is 0.230 e. The quantitative estimate of drug-likeness (QED) is 0.575. The van der Waals surface area contributed by atoms with Crippen molar-refractivity contribution in [2.45, 2.75) is 18.6 Å². The molecule has 0 aliphatic heterocycles. The maximum Gasteiger partial charge on any atom is 0.230 e. The van der Waals surface area contributed by atoms with Gasteiger partial charge in [0, 0.05) is 16.6 Å². The molecule has 0 radical (unpaired) electrons. The van der Waals surface area contributed by atoms with Crippen LogP contribution in [0.5, 0.6) is 0 Å². The van der Waals surface area contributed by atoms with E-state index in [0.717, 1.165) is 26.6 Å². The number of amides is 1. The molecule has 2 aromatic carbocycles. The van der Waals surface area contributed by atoms with Crippen molar-refractivity contribution in [3.8, 4) is 11.4 Å². The zero-order chi connectivity index (χ0) is 18.4. The molecule has 0 spiro atoms. The number of carbonyl (C=O) groups is 1. The number of hydrogen-bond donors (Lipinski definition) is 1. The van der Waals surface area contributed by atoms with Crippen LogP contribution in [-0.2, 0) is 11.3 Å². The van der Waals surface area contributed by atoms with Crippen molar-refractivity contribution in [2.24, 2.45) is 0 Å². The van der Waals surface area contributed by atoms with Crippen LogP contribution >= 0.6 is 27.7 Å². The monoisotopic (exact) mass is 430 g/mol. The lowest BCUT2D eigenvalue weighted by Gasteiger charge is -2.11. The van der Waals surface area contributed by atoms with Gasteiger partial charge in [0.25, 0.3) is 0 Å². The molecule has 0 bridgehead atoms. The Morgan fingerprint density at radius 3 is 2.58 bits per heavy atom. The Kier molecular flexibility index (Phi) is 6.46. The Labute approximate surface area is 165 Å². The second-order valence-corrected chi connectivity index (χ2v) is 7.40. The van der Waals surface area contributed by atoms with Crippen molar-refractivity contribution in [1.82, 2.24) is 20.1 Å². The van der Waals surface area contributed by atoms with Gasteiger partial charge in [0.15, 0.2) is 11.0 Å². The second kappa shape index (κ2) is 9.00. The third-order valence-corrected chi connectivity index (χ3v) is 5.38. The van der Waals surface area contributed by atoms with Crippen LogP contribution in [0.3, 0.4) is 0 Å². The zero-order valence-corrected chi connectivity index (χ0v) is 16.8. The summed E-state index contributed by atoms with van der Waals surface area (Å²) in [5.74, 6) is 1.09. The largest absolute Gasteiger partial charge is 0.356 e. The van der Waals surface area contributed by atoms with E-state index in [2.05, 4.69) is 48.1 Å². The molecule has 0 unspecified atom stereocenters. The van der Waals surface area contributed by atoms with Gasteiger partial charge in [-0.25, -0.2) is 0 Å². The number of nitrogens with zero attached hydrogens (tertiary/aromatic N) is 3. The fourth-order valence-electron chi connectivity index (χ4n) is 2.52. The van der Waals surface area contributed by atoms with Gasteiger partial charge in [0.2, 0.25) is 5.91 Å². The molecule has 0 aliphatic rings. The summed E-state index contributed by atoms with van der Waals surface area (Å²) in [6.45, 7) is 3.17. The number of thioether (sulfide) groups is 1. The molecular formula is C19H19BrN4OS. The standard InChI is InChI=1S/C19H19BrN4OS/c1-2-21-17(25)13-26-19-23-22-18(15-10-6-7-11-16(15)20)24(19)12-14-8-4-3-5-9-14/h3-11H,2,12-13H2,1H3,(H,21,25). The first-order chi connectivity index (χ1) is 12.7.